The fourth-order valence-electron chi connectivity index (χ4n) is 3.61. The van der Waals surface area contributed by atoms with Crippen LogP contribution < -0.4 is 0 Å². The van der Waals surface area contributed by atoms with Crippen LogP contribution in [0.1, 0.15) is 40.9 Å². The van der Waals surface area contributed by atoms with Gasteiger partial charge in [0.2, 0.25) is 0 Å². The number of carbonyl (C=O) groups is 1. The zero-order chi connectivity index (χ0) is 17.2. The first-order valence-corrected chi connectivity index (χ1v) is 8.79. The van der Waals surface area contributed by atoms with Crippen molar-refractivity contribution in [1.82, 2.24) is 15.0 Å². The van der Waals surface area contributed by atoms with Gasteiger partial charge in [0.25, 0.3) is 11.6 Å². The number of rotatable bonds is 4. The SMILES string of the molecule is Cc1noc2ncc(C(=O)N3CCCC3CCc3ccccc3)cc12. The lowest BCUT2D eigenvalue weighted by Crippen LogP contribution is -2.35. The van der Waals surface area contributed by atoms with Crippen molar-refractivity contribution in [3.05, 3.63) is 59.4 Å². The Balaban J connectivity index is 1.50. The lowest BCUT2D eigenvalue weighted by atomic mass is 10.0. The predicted molar refractivity (Wildman–Crippen MR) is 95.4 cm³/mol. The maximum Gasteiger partial charge on any atom is 0.257 e. The third-order valence-corrected chi connectivity index (χ3v) is 5.00. The quantitative estimate of drug-likeness (QED) is 0.728. The topological polar surface area (TPSA) is 59.2 Å². The van der Waals surface area contributed by atoms with Gasteiger partial charge >= 0.3 is 0 Å². The van der Waals surface area contributed by atoms with Crippen molar-refractivity contribution >= 4 is 17.0 Å². The maximum atomic E-state index is 13.0. The number of fused-ring (bicyclic) bond motifs is 1. The summed E-state index contributed by atoms with van der Waals surface area (Å²) in [5.74, 6) is 0.0607. The molecule has 1 unspecified atom stereocenters. The Hall–Kier alpha value is -2.69. The van der Waals surface area contributed by atoms with E-state index < -0.39 is 0 Å². The minimum absolute atomic E-state index is 0.0607. The molecule has 1 aliphatic rings. The van der Waals surface area contributed by atoms with Gasteiger partial charge in [0.1, 0.15) is 0 Å². The van der Waals surface area contributed by atoms with Gasteiger partial charge in [-0.3, -0.25) is 4.79 Å². The molecule has 128 valence electrons. The molecule has 3 heterocycles. The summed E-state index contributed by atoms with van der Waals surface area (Å²) in [6.07, 6.45) is 5.73. The third kappa shape index (κ3) is 3.14. The molecule has 25 heavy (non-hydrogen) atoms. The molecule has 0 aliphatic carbocycles. The van der Waals surface area contributed by atoms with Crippen molar-refractivity contribution in [2.24, 2.45) is 0 Å². The lowest BCUT2D eigenvalue weighted by Gasteiger charge is -2.24. The molecule has 0 saturated carbocycles. The summed E-state index contributed by atoms with van der Waals surface area (Å²) in [6.45, 7) is 2.68. The minimum atomic E-state index is 0.0607. The third-order valence-electron chi connectivity index (χ3n) is 5.00. The molecule has 5 nitrogen and oxygen atoms in total. The number of hydrogen-bond acceptors (Lipinski definition) is 4. The van der Waals surface area contributed by atoms with Crippen LogP contribution in [0.25, 0.3) is 11.1 Å². The molecule has 1 aliphatic heterocycles. The molecule has 0 spiro atoms. The number of nitrogens with zero attached hydrogens (tertiary/aromatic N) is 3. The van der Waals surface area contributed by atoms with Gasteiger partial charge in [-0.15, -0.1) is 0 Å². The second kappa shape index (κ2) is 6.67. The summed E-state index contributed by atoms with van der Waals surface area (Å²) in [7, 11) is 0. The summed E-state index contributed by atoms with van der Waals surface area (Å²) in [6, 6.07) is 12.6. The fraction of sp³-hybridized carbons (Fsp3) is 0.350. The molecule has 0 radical (unpaired) electrons. The highest BCUT2D eigenvalue weighted by molar-refractivity contribution is 5.97. The van der Waals surface area contributed by atoms with E-state index in [1.54, 1.807) is 6.20 Å². The Morgan fingerprint density at radius 3 is 3.00 bits per heavy atom. The standard InChI is InChI=1S/C20H21N3O2/c1-14-18-12-16(13-21-19(18)25-22-14)20(24)23-11-5-8-17(23)10-9-15-6-3-2-4-7-15/h2-4,6-7,12-13,17H,5,8-11H2,1H3. The molecule has 0 N–H and O–H groups in total. The molecule has 1 fully saturated rings. The van der Waals surface area contributed by atoms with E-state index in [1.807, 2.05) is 24.0 Å². The highest BCUT2D eigenvalue weighted by Crippen LogP contribution is 2.25. The first-order valence-electron chi connectivity index (χ1n) is 8.79. The van der Waals surface area contributed by atoms with E-state index in [-0.39, 0.29) is 5.91 Å². The highest BCUT2D eigenvalue weighted by Gasteiger charge is 2.29. The number of amides is 1. The van der Waals surface area contributed by atoms with Crippen LogP contribution >= 0.6 is 0 Å². The summed E-state index contributed by atoms with van der Waals surface area (Å²) in [4.78, 5) is 19.2. The van der Waals surface area contributed by atoms with Crippen molar-refractivity contribution in [2.75, 3.05) is 6.54 Å². The number of carbonyl (C=O) groups excluding carboxylic acids is 1. The average molecular weight is 335 g/mol. The monoisotopic (exact) mass is 335 g/mol. The van der Waals surface area contributed by atoms with Gasteiger partial charge in [-0.2, -0.15) is 0 Å². The summed E-state index contributed by atoms with van der Waals surface area (Å²) >= 11 is 0. The first-order chi connectivity index (χ1) is 12.2. The van der Waals surface area contributed by atoms with Gasteiger partial charge in [0, 0.05) is 18.8 Å². The van der Waals surface area contributed by atoms with E-state index in [9.17, 15) is 4.79 Å². The Labute approximate surface area is 146 Å². The molecular weight excluding hydrogens is 314 g/mol. The lowest BCUT2D eigenvalue weighted by molar-refractivity contribution is 0.0730. The average Bonchev–Trinajstić information content (AvgIpc) is 3.27. The van der Waals surface area contributed by atoms with Gasteiger partial charge < -0.3 is 9.42 Å². The molecule has 1 saturated heterocycles. The Morgan fingerprint density at radius 2 is 2.16 bits per heavy atom. The van der Waals surface area contributed by atoms with E-state index in [4.69, 9.17) is 4.52 Å². The Bertz CT molecular complexity index is 888. The molecule has 1 aromatic carbocycles. The zero-order valence-electron chi connectivity index (χ0n) is 14.3. The fourth-order valence-corrected chi connectivity index (χ4v) is 3.61. The van der Waals surface area contributed by atoms with Gasteiger partial charge in [-0.05, 0) is 44.2 Å². The number of pyridine rings is 1. The van der Waals surface area contributed by atoms with Crippen LogP contribution in [0.15, 0.2) is 47.1 Å². The largest absolute Gasteiger partial charge is 0.336 e. The predicted octanol–water partition coefficient (Wildman–Crippen LogP) is 3.77. The minimum Gasteiger partial charge on any atom is -0.336 e. The van der Waals surface area contributed by atoms with Crippen LogP contribution in [0.2, 0.25) is 0 Å². The van der Waals surface area contributed by atoms with E-state index in [0.717, 1.165) is 43.3 Å². The highest BCUT2D eigenvalue weighted by atomic mass is 16.5. The number of likely N-dealkylation sites (tertiary alicyclic amines) is 1. The van der Waals surface area contributed by atoms with Gasteiger partial charge in [0.15, 0.2) is 0 Å². The van der Waals surface area contributed by atoms with E-state index in [0.29, 0.717) is 17.3 Å². The molecule has 2 aromatic heterocycles. The Morgan fingerprint density at radius 1 is 1.32 bits per heavy atom. The van der Waals surface area contributed by atoms with Crippen LogP contribution in [0.5, 0.6) is 0 Å². The van der Waals surface area contributed by atoms with E-state index in [1.165, 1.54) is 5.56 Å². The first kappa shape index (κ1) is 15.8. The molecule has 1 amide bonds. The van der Waals surface area contributed by atoms with E-state index >= 15 is 0 Å². The second-order valence-electron chi connectivity index (χ2n) is 6.66. The zero-order valence-corrected chi connectivity index (χ0v) is 14.3. The van der Waals surface area contributed by atoms with Crippen molar-refractivity contribution in [1.29, 1.82) is 0 Å². The molecule has 1 atom stereocenters. The molecule has 5 heteroatoms. The second-order valence-corrected chi connectivity index (χ2v) is 6.66. The molecular formula is C20H21N3O2. The van der Waals surface area contributed by atoms with Crippen LogP contribution in [-0.2, 0) is 6.42 Å². The van der Waals surface area contributed by atoms with Crippen LogP contribution in [0, 0.1) is 6.92 Å². The molecule has 3 aromatic rings. The maximum absolute atomic E-state index is 13.0. The Kier molecular flexibility index (Phi) is 4.22. The van der Waals surface area contributed by atoms with Gasteiger partial charge in [0.05, 0.1) is 16.6 Å². The molecule has 4 rings (SSSR count). The van der Waals surface area contributed by atoms with Crippen molar-refractivity contribution < 1.29 is 9.32 Å². The summed E-state index contributed by atoms with van der Waals surface area (Å²) in [5, 5.41) is 4.72. The van der Waals surface area contributed by atoms with Crippen molar-refractivity contribution in [3.8, 4) is 0 Å². The smallest absolute Gasteiger partial charge is 0.257 e. The van der Waals surface area contributed by atoms with Crippen LogP contribution in [0.3, 0.4) is 0 Å². The van der Waals surface area contributed by atoms with E-state index in [2.05, 4.69) is 34.4 Å². The van der Waals surface area contributed by atoms with Gasteiger partial charge in [-0.1, -0.05) is 35.5 Å². The number of benzene rings is 1. The molecule has 0 bridgehead atoms. The summed E-state index contributed by atoms with van der Waals surface area (Å²) in [5.41, 5.74) is 3.19. The van der Waals surface area contributed by atoms with Crippen LogP contribution in [0.4, 0.5) is 0 Å². The number of aromatic nitrogens is 2. The van der Waals surface area contributed by atoms with Crippen molar-refractivity contribution in [3.63, 3.8) is 0 Å². The summed E-state index contributed by atoms with van der Waals surface area (Å²) < 4.78 is 5.13. The van der Waals surface area contributed by atoms with Crippen molar-refractivity contribution in [2.45, 2.75) is 38.6 Å². The number of hydrogen-bond donors (Lipinski definition) is 0. The van der Waals surface area contributed by atoms with Gasteiger partial charge in [-0.25, -0.2) is 4.98 Å². The number of aryl methyl sites for hydroxylation is 2. The van der Waals surface area contributed by atoms with Crippen LogP contribution in [-0.4, -0.2) is 33.5 Å². The normalized spacial score (nSPS) is 17.3.